The van der Waals surface area contributed by atoms with Crippen molar-refractivity contribution in [2.45, 2.75) is 6.10 Å². The fourth-order valence-corrected chi connectivity index (χ4v) is 2.37. The predicted octanol–water partition coefficient (Wildman–Crippen LogP) is 1.30. The lowest BCUT2D eigenvalue weighted by molar-refractivity contribution is 0.0308. The highest BCUT2D eigenvalue weighted by Gasteiger charge is 2.29. The third-order valence-corrected chi connectivity index (χ3v) is 3.74. The van der Waals surface area contributed by atoms with Gasteiger partial charge in [-0.1, -0.05) is 0 Å². The third-order valence-electron chi connectivity index (χ3n) is 3.74. The standard InChI is InChI=1S/C15H14F3N5O3/c1-22-11(4-12(21-22)20-15(26)23-5-8(24)6-23)14(25)19-7-2-9(16)13(18)10(17)3-7/h2-4,8,24H,5-6H2,1H3,(H,19,25)(H,20,21,26). The Morgan fingerprint density at radius 3 is 2.35 bits per heavy atom. The number of anilines is 2. The molecule has 1 fully saturated rings. The maximum Gasteiger partial charge on any atom is 0.323 e. The molecule has 138 valence electrons. The number of nitrogens with one attached hydrogen (secondary N) is 2. The van der Waals surface area contributed by atoms with Gasteiger partial charge in [0, 0.05) is 30.9 Å². The molecule has 0 radical (unpaired) electrons. The van der Waals surface area contributed by atoms with E-state index in [2.05, 4.69) is 15.7 Å². The van der Waals surface area contributed by atoms with Crippen LogP contribution in [0.2, 0.25) is 0 Å². The molecule has 0 spiro atoms. The number of urea groups is 1. The predicted molar refractivity (Wildman–Crippen MR) is 84.1 cm³/mol. The van der Waals surface area contributed by atoms with Gasteiger partial charge in [-0.15, -0.1) is 0 Å². The molecule has 3 amide bonds. The normalized spacial score (nSPS) is 14.1. The molecular formula is C15H14F3N5O3. The summed E-state index contributed by atoms with van der Waals surface area (Å²) >= 11 is 0. The number of aryl methyl sites for hydroxylation is 1. The minimum Gasteiger partial charge on any atom is -0.389 e. The number of rotatable bonds is 3. The van der Waals surface area contributed by atoms with Gasteiger partial charge in [0.15, 0.2) is 23.3 Å². The van der Waals surface area contributed by atoms with Gasteiger partial charge < -0.3 is 15.3 Å². The van der Waals surface area contributed by atoms with Gasteiger partial charge in [0.1, 0.15) is 5.69 Å². The molecule has 1 aromatic heterocycles. The van der Waals surface area contributed by atoms with Crippen LogP contribution in [0.15, 0.2) is 18.2 Å². The monoisotopic (exact) mass is 369 g/mol. The first kappa shape index (κ1) is 17.7. The first-order valence-electron chi connectivity index (χ1n) is 7.48. The van der Waals surface area contributed by atoms with Crippen LogP contribution >= 0.6 is 0 Å². The van der Waals surface area contributed by atoms with Crippen LogP contribution in [-0.4, -0.2) is 50.9 Å². The Hall–Kier alpha value is -3.08. The van der Waals surface area contributed by atoms with Crippen molar-refractivity contribution in [3.05, 3.63) is 41.3 Å². The zero-order valence-electron chi connectivity index (χ0n) is 13.5. The van der Waals surface area contributed by atoms with Gasteiger partial charge in [0.05, 0.1) is 19.2 Å². The molecule has 0 aliphatic carbocycles. The van der Waals surface area contributed by atoms with Crippen molar-refractivity contribution in [1.82, 2.24) is 14.7 Å². The van der Waals surface area contributed by atoms with Crippen LogP contribution in [0.3, 0.4) is 0 Å². The zero-order chi connectivity index (χ0) is 19.0. The van der Waals surface area contributed by atoms with E-state index >= 15 is 0 Å². The number of hydrogen-bond acceptors (Lipinski definition) is 4. The second kappa shape index (κ2) is 6.67. The Bertz CT molecular complexity index is 856. The van der Waals surface area contributed by atoms with Crippen molar-refractivity contribution in [3.63, 3.8) is 0 Å². The quantitative estimate of drug-likeness (QED) is 0.710. The lowest BCUT2D eigenvalue weighted by Gasteiger charge is -2.35. The van der Waals surface area contributed by atoms with Crippen molar-refractivity contribution in [1.29, 1.82) is 0 Å². The number of nitrogens with zero attached hydrogens (tertiary/aromatic N) is 3. The van der Waals surface area contributed by atoms with Gasteiger partial charge in [-0.05, 0) is 0 Å². The van der Waals surface area contributed by atoms with Crippen molar-refractivity contribution >= 4 is 23.4 Å². The number of aromatic nitrogens is 2. The number of halogens is 3. The fraction of sp³-hybridized carbons (Fsp3) is 0.267. The molecule has 8 nitrogen and oxygen atoms in total. The van der Waals surface area contributed by atoms with Crippen LogP contribution in [-0.2, 0) is 7.05 Å². The molecule has 1 aliphatic heterocycles. The minimum absolute atomic E-state index is 0.00548. The molecule has 3 N–H and O–H groups in total. The molecule has 2 heterocycles. The molecule has 11 heteroatoms. The summed E-state index contributed by atoms with van der Waals surface area (Å²) in [4.78, 5) is 25.4. The topological polar surface area (TPSA) is 99.5 Å². The van der Waals surface area contributed by atoms with Gasteiger partial charge >= 0.3 is 6.03 Å². The molecule has 0 saturated carbocycles. The molecule has 26 heavy (non-hydrogen) atoms. The lowest BCUT2D eigenvalue weighted by Crippen LogP contribution is -2.54. The van der Waals surface area contributed by atoms with E-state index in [0.29, 0.717) is 12.1 Å². The summed E-state index contributed by atoms with van der Waals surface area (Å²) in [5, 5.41) is 17.8. The summed E-state index contributed by atoms with van der Waals surface area (Å²) in [6.07, 6.45) is -0.553. The van der Waals surface area contributed by atoms with E-state index in [1.165, 1.54) is 18.0 Å². The van der Waals surface area contributed by atoms with E-state index in [1.54, 1.807) is 0 Å². The molecule has 1 aliphatic rings. The van der Waals surface area contributed by atoms with Gasteiger partial charge in [-0.25, -0.2) is 18.0 Å². The number of benzene rings is 1. The van der Waals surface area contributed by atoms with Crippen LogP contribution in [0.1, 0.15) is 10.5 Å². The molecule has 1 aromatic carbocycles. The number of carbonyl (C=O) groups excluding carboxylic acids is 2. The van der Waals surface area contributed by atoms with E-state index in [-0.39, 0.29) is 30.3 Å². The van der Waals surface area contributed by atoms with Crippen molar-refractivity contribution in [2.24, 2.45) is 7.05 Å². The summed E-state index contributed by atoms with van der Waals surface area (Å²) in [6.45, 7) is 0.404. The highest BCUT2D eigenvalue weighted by Crippen LogP contribution is 2.19. The van der Waals surface area contributed by atoms with Gasteiger partial charge in [-0.2, -0.15) is 5.10 Å². The molecule has 1 saturated heterocycles. The maximum absolute atomic E-state index is 13.2. The number of aliphatic hydroxyl groups excluding tert-OH is 1. The summed E-state index contributed by atoms with van der Waals surface area (Å²) in [7, 11) is 1.43. The smallest absolute Gasteiger partial charge is 0.323 e. The molecule has 0 bridgehead atoms. The molecule has 3 rings (SSSR count). The first-order chi connectivity index (χ1) is 12.2. The van der Waals surface area contributed by atoms with Crippen LogP contribution in [0, 0.1) is 17.5 Å². The van der Waals surface area contributed by atoms with E-state index < -0.39 is 35.5 Å². The molecule has 2 aromatic rings. The van der Waals surface area contributed by atoms with E-state index in [4.69, 9.17) is 0 Å². The van der Waals surface area contributed by atoms with Gasteiger partial charge in [0.25, 0.3) is 5.91 Å². The van der Waals surface area contributed by atoms with Crippen LogP contribution in [0.4, 0.5) is 29.5 Å². The van der Waals surface area contributed by atoms with Crippen LogP contribution in [0.25, 0.3) is 0 Å². The second-order valence-corrected chi connectivity index (χ2v) is 5.74. The molecular weight excluding hydrogens is 355 g/mol. The Morgan fingerprint density at radius 2 is 1.77 bits per heavy atom. The Balaban J connectivity index is 1.70. The number of likely N-dealkylation sites (tertiary alicyclic amines) is 1. The summed E-state index contributed by atoms with van der Waals surface area (Å²) < 4.78 is 40.5. The van der Waals surface area contributed by atoms with Gasteiger partial charge in [-0.3, -0.25) is 14.8 Å². The number of hydrogen-bond donors (Lipinski definition) is 3. The van der Waals surface area contributed by atoms with Crippen LogP contribution in [0.5, 0.6) is 0 Å². The van der Waals surface area contributed by atoms with E-state index in [1.807, 2.05) is 0 Å². The number of β-amino-alcohol motifs (C(OH)–C–C–N with tert-alkyl or cyclic N) is 1. The second-order valence-electron chi connectivity index (χ2n) is 5.74. The fourth-order valence-electron chi connectivity index (χ4n) is 2.37. The highest BCUT2D eigenvalue weighted by atomic mass is 19.2. The summed E-state index contributed by atoms with van der Waals surface area (Å²) in [6, 6.07) is 2.07. The Kier molecular flexibility index (Phi) is 4.55. The average Bonchev–Trinajstić information content (AvgIpc) is 2.89. The largest absolute Gasteiger partial charge is 0.389 e. The van der Waals surface area contributed by atoms with Crippen LogP contribution < -0.4 is 10.6 Å². The zero-order valence-corrected chi connectivity index (χ0v) is 13.5. The molecule has 0 unspecified atom stereocenters. The van der Waals surface area contributed by atoms with E-state index in [0.717, 1.165) is 4.68 Å². The number of amides is 3. The third kappa shape index (κ3) is 3.47. The van der Waals surface area contributed by atoms with E-state index in [9.17, 15) is 27.9 Å². The first-order valence-corrected chi connectivity index (χ1v) is 7.48. The van der Waals surface area contributed by atoms with Gasteiger partial charge in [0.2, 0.25) is 0 Å². The van der Waals surface area contributed by atoms with Crippen molar-refractivity contribution in [2.75, 3.05) is 23.7 Å². The van der Waals surface area contributed by atoms with Crippen molar-refractivity contribution < 1.29 is 27.9 Å². The minimum atomic E-state index is -1.63. The van der Waals surface area contributed by atoms with Crippen molar-refractivity contribution in [3.8, 4) is 0 Å². The number of aliphatic hydroxyl groups is 1. The highest BCUT2D eigenvalue weighted by molar-refractivity contribution is 6.04. The average molecular weight is 369 g/mol. The Labute approximate surface area is 145 Å². The summed E-state index contributed by atoms with van der Waals surface area (Å²) in [5.41, 5.74) is -0.276. The molecule has 0 atom stereocenters. The number of carbonyl (C=O) groups is 2. The Morgan fingerprint density at radius 1 is 1.15 bits per heavy atom. The summed E-state index contributed by atoms with van der Waals surface area (Å²) in [5.74, 6) is -5.18. The maximum atomic E-state index is 13.2. The lowest BCUT2D eigenvalue weighted by atomic mass is 10.2. The SMILES string of the molecule is Cn1nc(NC(=O)N2CC(O)C2)cc1C(=O)Nc1cc(F)c(F)c(F)c1.